The van der Waals surface area contributed by atoms with Crippen LogP contribution >= 0.6 is 0 Å². The van der Waals surface area contributed by atoms with Gasteiger partial charge < -0.3 is 20.9 Å². The van der Waals surface area contributed by atoms with E-state index in [2.05, 4.69) is 10.2 Å². The van der Waals surface area contributed by atoms with Crippen molar-refractivity contribution in [3.63, 3.8) is 0 Å². The molecule has 4 N–H and O–H groups in total. The maximum atomic E-state index is 11.1. The molecular weight excluding hydrogens is 270 g/mol. The van der Waals surface area contributed by atoms with Crippen molar-refractivity contribution in [2.75, 3.05) is 37.3 Å². The summed E-state index contributed by atoms with van der Waals surface area (Å²) in [5.41, 5.74) is 6.81. The Bertz CT molecular complexity index is 535. The van der Waals surface area contributed by atoms with E-state index >= 15 is 0 Å². The average molecular weight is 291 g/mol. The molecule has 2 unspecified atom stereocenters. The van der Waals surface area contributed by atoms with Crippen molar-refractivity contribution in [2.24, 2.45) is 0 Å². The van der Waals surface area contributed by atoms with Gasteiger partial charge in [0.2, 0.25) is 0 Å². The van der Waals surface area contributed by atoms with Gasteiger partial charge in [-0.3, -0.25) is 4.90 Å². The number of anilines is 2. The number of aromatic carboxylic acids is 1. The van der Waals surface area contributed by atoms with Crippen LogP contribution in [0.1, 0.15) is 23.2 Å². The van der Waals surface area contributed by atoms with Gasteiger partial charge in [0.05, 0.1) is 18.3 Å². The van der Waals surface area contributed by atoms with Crippen molar-refractivity contribution in [2.45, 2.75) is 25.0 Å². The van der Waals surface area contributed by atoms with E-state index in [1.54, 1.807) is 18.2 Å². The molecular formula is C15H21N3O3. The Labute approximate surface area is 123 Å². The van der Waals surface area contributed by atoms with Crippen molar-refractivity contribution in [3.05, 3.63) is 23.8 Å². The molecule has 6 nitrogen and oxygen atoms in total. The molecule has 2 fully saturated rings. The minimum atomic E-state index is -1.01. The van der Waals surface area contributed by atoms with Crippen LogP contribution < -0.4 is 11.1 Å². The Hall–Kier alpha value is -1.79. The highest BCUT2D eigenvalue weighted by Crippen LogP contribution is 2.23. The van der Waals surface area contributed by atoms with Gasteiger partial charge in [-0.25, -0.2) is 4.79 Å². The molecule has 1 aromatic carbocycles. The van der Waals surface area contributed by atoms with Crippen LogP contribution in [-0.4, -0.2) is 54.4 Å². The maximum absolute atomic E-state index is 11.1. The van der Waals surface area contributed by atoms with Crippen molar-refractivity contribution >= 4 is 17.3 Å². The lowest BCUT2D eigenvalue weighted by Crippen LogP contribution is -2.48. The first-order chi connectivity index (χ1) is 10.1. The predicted octanol–water partition coefficient (Wildman–Crippen LogP) is 1.24. The molecule has 2 aliphatic heterocycles. The molecule has 0 amide bonds. The minimum absolute atomic E-state index is 0.129. The van der Waals surface area contributed by atoms with Crippen LogP contribution in [0.5, 0.6) is 0 Å². The van der Waals surface area contributed by atoms with E-state index in [4.69, 9.17) is 15.6 Å². The number of hydrogen-bond acceptors (Lipinski definition) is 5. The summed E-state index contributed by atoms with van der Waals surface area (Å²) in [4.78, 5) is 13.6. The van der Waals surface area contributed by atoms with Crippen molar-refractivity contribution in [1.82, 2.24) is 4.90 Å². The zero-order chi connectivity index (χ0) is 14.8. The number of rotatable bonds is 4. The molecule has 1 aromatic rings. The van der Waals surface area contributed by atoms with E-state index in [0.717, 1.165) is 25.4 Å². The van der Waals surface area contributed by atoms with Gasteiger partial charge in [-0.2, -0.15) is 0 Å². The first kappa shape index (κ1) is 14.2. The lowest BCUT2D eigenvalue weighted by atomic mass is 10.1. The number of carboxylic acids is 1. The number of ether oxygens (including phenoxy) is 1. The lowest BCUT2D eigenvalue weighted by molar-refractivity contribution is -0.0415. The Morgan fingerprint density at radius 2 is 2.38 bits per heavy atom. The molecule has 0 aliphatic carbocycles. The van der Waals surface area contributed by atoms with Gasteiger partial charge in [0, 0.05) is 30.5 Å². The Kier molecular flexibility index (Phi) is 3.98. The SMILES string of the molecule is Nc1ccc(NCC2CN3CCCC3CO2)cc1C(=O)O. The molecule has 0 aromatic heterocycles. The molecule has 0 spiro atoms. The zero-order valence-electron chi connectivity index (χ0n) is 11.9. The number of nitrogen functional groups attached to an aromatic ring is 1. The summed E-state index contributed by atoms with van der Waals surface area (Å²) in [5.74, 6) is -1.01. The summed E-state index contributed by atoms with van der Waals surface area (Å²) < 4.78 is 5.87. The largest absolute Gasteiger partial charge is 0.478 e. The van der Waals surface area contributed by atoms with Gasteiger partial charge in [0.25, 0.3) is 0 Å². The summed E-state index contributed by atoms with van der Waals surface area (Å²) in [5, 5.41) is 12.3. The Morgan fingerprint density at radius 1 is 1.52 bits per heavy atom. The maximum Gasteiger partial charge on any atom is 0.337 e. The normalized spacial score (nSPS) is 25.5. The van der Waals surface area contributed by atoms with Crippen LogP contribution in [0.3, 0.4) is 0 Å². The topological polar surface area (TPSA) is 87.8 Å². The van der Waals surface area contributed by atoms with Crippen LogP contribution in [0.4, 0.5) is 11.4 Å². The van der Waals surface area contributed by atoms with Gasteiger partial charge in [-0.05, 0) is 37.6 Å². The quantitative estimate of drug-likeness (QED) is 0.724. The molecule has 2 atom stereocenters. The molecule has 3 rings (SSSR count). The zero-order valence-corrected chi connectivity index (χ0v) is 11.9. The van der Waals surface area contributed by atoms with Crippen molar-refractivity contribution in [1.29, 1.82) is 0 Å². The number of nitrogens with one attached hydrogen (secondary N) is 1. The number of carboxylic acid groups (broad SMARTS) is 1. The highest BCUT2D eigenvalue weighted by molar-refractivity contribution is 5.94. The summed E-state index contributed by atoms with van der Waals surface area (Å²) in [6, 6.07) is 5.57. The molecule has 2 heterocycles. The number of benzene rings is 1. The monoisotopic (exact) mass is 291 g/mol. The number of hydrogen-bond donors (Lipinski definition) is 3. The van der Waals surface area contributed by atoms with Crippen molar-refractivity contribution < 1.29 is 14.6 Å². The first-order valence-electron chi connectivity index (χ1n) is 7.36. The average Bonchev–Trinajstić information content (AvgIpc) is 2.93. The van der Waals surface area contributed by atoms with E-state index in [0.29, 0.717) is 12.6 Å². The lowest BCUT2D eigenvalue weighted by Gasteiger charge is -2.35. The second-order valence-electron chi connectivity index (χ2n) is 5.73. The molecule has 0 saturated carbocycles. The molecule has 0 radical (unpaired) electrons. The molecule has 2 aliphatic rings. The van der Waals surface area contributed by atoms with Crippen LogP contribution in [0, 0.1) is 0 Å². The number of nitrogens with zero attached hydrogens (tertiary/aromatic N) is 1. The molecule has 6 heteroatoms. The standard InChI is InChI=1S/C15H21N3O3/c16-14-4-3-10(6-13(14)15(19)20)17-7-12-8-18-5-1-2-11(18)9-21-12/h3-4,6,11-12,17H,1-2,5,7-9,16H2,(H,19,20). The molecule has 2 saturated heterocycles. The Morgan fingerprint density at radius 3 is 3.19 bits per heavy atom. The van der Waals surface area contributed by atoms with Gasteiger partial charge in [0.1, 0.15) is 0 Å². The van der Waals surface area contributed by atoms with E-state index in [1.807, 2.05) is 0 Å². The van der Waals surface area contributed by atoms with Crippen LogP contribution in [-0.2, 0) is 4.74 Å². The third-order valence-electron chi connectivity index (χ3n) is 4.28. The number of morpholine rings is 1. The van der Waals surface area contributed by atoms with Gasteiger partial charge >= 0.3 is 5.97 Å². The highest BCUT2D eigenvalue weighted by Gasteiger charge is 2.31. The number of nitrogens with two attached hydrogens (primary N) is 1. The second kappa shape index (κ2) is 5.91. The number of fused-ring (bicyclic) bond motifs is 1. The fourth-order valence-corrected chi connectivity index (χ4v) is 3.09. The van der Waals surface area contributed by atoms with Gasteiger partial charge in [-0.1, -0.05) is 0 Å². The second-order valence-corrected chi connectivity index (χ2v) is 5.73. The van der Waals surface area contributed by atoms with E-state index in [1.165, 1.54) is 12.8 Å². The summed E-state index contributed by atoms with van der Waals surface area (Å²) >= 11 is 0. The third kappa shape index (κ3) is 3.11. The highest BCUT2D eigenvalue weighted by atomic mass is 16.5. The van der Waals surface area contributed by atoms with Crippen molar-refractivity contribution in [3.8, 4) is 0 Å². The summed E-state index contributed by atoms with van der Waals surface area (Å²) in [6.07, 6.45) is 2.64. The summed E-state index contributed by atoms with van der Waals surface area (Å²) in [7, 11) is 0. The first-order valence-corrected chi connectivity index (χ1v) is 7.36. The van der Waals surface area contributed by atoms with Crippen LogP contribution in [0.2, 0.25) is 0 Å². The van der Waals surface area contributed by atoms with E-state index in [-0.39, 0.29) is 17.4 Å². The smallest absolute Gasteiger partial charge is 0.337 e. The van der Waals surface area contributed by atoms with Gasteiger partial charge in [0.15, 0.2) is 0 Å². The Balaban J connectivity index is 1.58. The predicted molar refractivity (Wildman–Crippen MR) is 80.6 cm³/mol. The molecule has 114 valence electrons. The van der Waals surface area contributed by atoms with E-state index < -0.39 is 5.97 Å². The van der Waals surface area contributed by atoms with E-state index in [9.17, 15) is 4.79 Å². The third-order valence-corrected chi connectivity index (χ3v) is 4.28. The summed E-state index contributed by atoms with van der Waals surface area (Å²) in [6.45, 7) is 3.58. The number of carbonyl (C=O) groups is 1. The van der Waals surface area contributed by atoms with Crippen LogP contribution in [0.25, 0.3) is 0 Å². The minimum Gasteiger partial charge on any atom is -0.478 e. The van der Waals surface area contributed by atoms with Gasteiger partial charge in [-0.15, -0.1) is 0 Å². The van der Waals surface area contributed by atoms with Crippen LogP contribution in [0.15, 0.2) is 18.2 Å². The fourth-order valence-electron chi connectivity index (χ4n) is 3.09. The molecule has 21 heavy (non-hydrogen) atoms. The molecule has 0 bridgehead atoms. The fraction of sp³-hybridized carbons (Fsp3) is 0.533.